The van der Waals surface area contributed by atoms with Crippen molar-refractivity contribution in [3.8, 4) is 11.5 Å². The number of phenolic OH excluding ortho intramolecular Hbond substituents is 2. The molecular weight excluding hydrogens is 612 g/mol. The first-order chi connectivity index (χ1) is 19.4. The third-order valence-corrected chi connectivity index (χ3v) is 8.99. The number of aromatic hydroxyl groups is 2. The Morgan fingerprint density at radius 1 is 1.10 bits per heavy atom. The van der Waals surface area contributed by atoms with E-state index in [9.17, 15) is 23.4 Å². The molecule has 4 rings (SSSR count). The van der Waals surface area contributed by atoms with Gasteiger partial charge in [-0.05, 0) is 60.4 Å². The van der Waals surface area contributed by atoms with E-state index in [0.717, 1.165) is 16.7 Å². The number of nitrogens with zero attached hydrogens (tertiary/aromatic N) is 4. The van der Waals surface area contributed by atoms with Crippen molar-refractivity contribution in [1.82, 2.24) is 19.3 Å². The summed E-state index contributed by atoms with van der Waals surface area (Å²) >= 11 is 3.47. The molecule has 2 atom stereocenters. The number of ether oxygens (including phenoxy) is 1. The van der Waals surface area contributed by atoms with Gasteiger partial charge in [0, 0.05) is 30.9 Å². The van der Waals surface area contributed by atoms with E-state index in [1.54, 1.807) is 38.2 Å². The Morgan fingerprint density at radius 2 is 1.83 bits per heavy atom. The summed E-state index contributed by atoms with van der Waals surface area (Å²) in [5.41, 5.74) is 3.93. The molecule has 1 heterocycles. The third kappa shape index (κ3) is 6.71. The van der Waals surface area contributed by atoms with Crippen LogP contribution in [0.5, 0.6) is 11.5 Å². The molecule has 0 saturated carbocycles. The van der Waals surface area contributed by atoms with Gasteiger partial charge in [0.25, 0.3) is 0 Å². The van der Waals surface area contributed by atoms with Gasteiger partial charge in [-0.1, -0.05) is 58.4 Å². The Morgan fingerprint density at radius 3 is 2.51 bits per heavy atom. The number of sulfonamides is 1. The van der Waals surface area contributed by atoms with E-state index in [1.807, 2.05) is 32.0 Å². The molecule has 0 amide bonds. The number of alkyl halides is 1. The molecule has 2 unspecified atom stereocenters. The summed E-state index contributed by atoms with van der Waals surface area (Å²) in [7, 11) is -2.37. The number of hydrogen-bond acceptors (Lipinski definition) is 8. The highest BCUT2D eigenvalue weighted by molar-refractivity contribution is 9.09. The molecule has 218 valence electrons. The van der Waals surface area contributed by atoms with Crippen LogP contribution in [0.3, 0.4) is 0 Å². The largest absolute Gasteiger partial charge is 0.507 e. The number of phenols is 2. The summed E-state index contributed by atoms with van der Waals surface area (Å²) in [4.78, 5) is 12.4. The molecule has 0 aliphatic rings. The number of fused-ring (bicyclic) bond motifs is 1. The summed E-state index contributed by atoms with van der Waals surface area (Å²) in [6.07, 6.45) is -0.000115. The fraction of sp³-hybridized carbons (Fsp3) is 0.345. The maximum Gasteiger partial charge on any atom is 0.306 e. The lowest BCUT2D eigenvalue weighted by molar-refractivity contribution is -0.143. The molecule has 10 nitrogen and oxygen atoms in total. The Bertz CT molecular complexity index is 1670. The van der Waals surface area contributed by atoms with Crippen LogP contribution in [0.4, 0.5) is 0 Å². The summed E-state index contributed by atoms with van der Waals surface area (Å²) in [5, 5.41) is 29.2. The minimum Gasteiger partial charge on any atom is -0.507 e. The van der Waals surface area contributed by atoms with Crippen LogP contribution in [0.25, 0.3) is 11.0 Å². The highest BCUT2D eigenvalue weighted by Gasteiger charge is 2.29. The highest BCUT2D eigenvalue weighted by atomic mass is 79.9. The third-order valence-electron chi connectivity index (χ3n) is 6.84. The van der Waals surface area contributed by atoms with Crippen molar-refractivity contribution in [3.63, 3.8) is 0 Å². The molecule has 3 aromatic carbocycles. The SMILES string of the molecule is CCOC(=O)CC(c1ccc(C)c(CN(CC(C)Br)S(=O)(=O)c2ccccc2O)c1)c1cc(O)c2c(c1)nnn2C. The Balaban J connectivity index is 1.78. The van der Waals surface area contributed by atoms with Crippen molar-refractivity contribution in [3.05, 3.63) is 76.9 Å². The van der Waals surface area contributed by atoms with Gasteiger partial charge in [-0.2, -0.15) is 4.31 Å². The normalized spacial score (nSPS) is 13.4. The topological polar surface area (TPSA) is 135 Å². The van der Waals surface area contributed by atoms with Gasteiger partial charge in [0.1, 0.15) is 27.4 Å². The summed E-state index contributed by atoms with van der Waals surface area (Å²) in [5.74, 6) is -1.25. The minimum atomic E-state index is -4.05. The van der Waals surface area contributed by atoms with Crippen molar-refractivity contribution in [1.29, 1.82) is 0 Å². The van der Waals surface area contributed by atoms with E-state index in [4.69, 9.17) is 4.74 Å². The molecule has 4 aromatic rings. The molecule has 1 aromatic heterocycles. The first-order valence-electron chi connectivity index (χ1n) is 13.1. The molecule has 41 heavy (non-hydrogen) atoms. The molecule has 0 aliphatic heterocycles. The smallest absolute Gasteiger partial charge is 0.306 e. The second kappa shape index (κ2) is 12.6. The van der Waals surface area contributed by atoms with Crippen molar-refractivity contribution in [2.24, 2.45) is 7.05 Å². The first kappa shape index (κ1) is 30.5. The van der Waals surface area contributed by atoms with E-state index in [0.29, 0.717) is 16.6 Å². The predicted molar refractivity (Wildman–Crippen MR) is 159 cm³/mol. The Hall–Kier alpha value is -3.48. The molecule has 0 aliphatic carbocycles. The van der Waals surface area contributed by atoms with Crippen molar-refractivity contribution in [2.45, 2.75) is 49.4 Å². The van der Waals surface area contributed by atoms with Gasteiger partial charge < -0.3 is 14.9 Å². The van der Waals surface area contributed by atoms with Crippen LogP contribution >= 0.6 is 15.9 Å². The summed E-state index contributed by atoms with van der Waals surface area (Å²) < 4.78 is 35.4. The molecular formula is C29H33BrN4O6S. The average Bonchev–Trinajstić information content (AvgIpc) is 3.29. The molecule has 12 heteroatoms. The number of aryl methyl sites for hydroxylation is 2. The lowest BCUT2D eigenvalue weighted by Crippen LogP contribution is -2.35. The lowest BCUT2D eigenvalue weighted by atomic mass is 9.86. The molecule has 0 saturated heterocycles. The van der Waals surface area contributed by atoms with E-state index in [-0.39, 0.29) is 47.3 Å². The first-order valence-corrected chi connectivity index (χ1v) is 15.5. The van der Waals surface area contributed by atoms with Gasteiger partial charge in [-0.25, -0.2) is 13.1 Å². The van der Waals surface area contributed by atoms with Gasteiger partial charge >= 0.3 is 5.97 Å². The monoisotopic (exact) mass is 644 g/mol. The predicted octanol–water partition coefficient (Wildman–Crippen LogP) is 4.75. The zero-order chi connectivity index (χ0) is 29.9. The quantitative estimate of drug-likeness (QED) is 0.176. The number of aromatic nitrogens is 3. The van der Waals surface area contributed by atoms with Gasteiger partial charge in [0.2, 0.25) is 10.0 Å². The Labute approximate surface area is 247 Å². The molecule has 0 fully saturated rings. The zero-order valence-corrected chi connectivity index (χ0v) is 25.7. The second-order valence-corrected chi connectivity index (χ2v) is 13.4. The highest BCUT2D eigenvalue weighted by Crippen LogP contribution is 2.36. The van der Waals surface area contributed by atoms with Crippen LogP contribution < -0.4 is 0 Å². The number of esters is 1. The Kier molecular flexibility index (Phi) is 9.35. The van der Waals surface area contributed by atoms with Crippen molar-refractivity contribution < 1.29 is 28.2 Å². The van der Waals surface area contributed by atoms with E-state index in [1.165, 1.54) is 21.1 Å². The van der Waals surface area contributed by atoms with Crippen LogP contribution in [0, 0.1) is 6.92 Å². The molecule has 0 spiro atoms. The molecule has 2 N–H and O–H groups in total. The number of carbonyl (C=O) groups excluding carboxylic acids is 1. The summed E-state index contributed by atoms with van der Waals surface area (Å²) in [6, 6.07) is 14.9. The van der Waals surface area contributed by atoms with Gasteiger partial charge in [0.05, 0.1) is 13.0 Å². The second-order valence-electron chi connectivity index (χ2n) is 9.91. The molecule has 0 radical (unpaired) electrons. The number of carbonyl (C=O) groups is 1. The lowest BCUT2D eigenvalue weighted by Gasteiger charge is -2.26. The minimum absolute atomic E-state index is 0.000115. The van der Waals surface area contributed by atoms with Gasteiger partial charge in [0.15, 0.2) is 0 Å². The van der Waals surface area contributed by atoms with Crippen LogP contribution in [-0.4, -0.2) is 61.9 Å². The number of para-hydroxylation sites is 1. The van der Waals surface area contributed by atoms with Gasteiger partial charge in [-0.3, -0.25) is 4.79 Å². The zero-order valence-electron chi connectivity index (χ0n) is 23.3. The average molecular weight is 646 g/mol. The van der Waals surface area contributed by atoms with Crippen LogP contribution in [0.15, 0.2) is 59.5 Å². The molecule has 0 bridgehead atoms. The fourth-order valence-corrected chi connectivity index (χ4v) is 6.95. The van der Waals surface area contributed by atoms with Crippen LogP contribution in [0.1, 0.15) is 48.4 Å². The maximum absolute atomic E-state index is 13.7. The van der Waals surface area contributed by atoms with Crippen LogP contribution in [-0.2, 0) is 33.1 Å². The van der Waals surface area contributed by atoms with Gasteiger partial charge in [-0.15, -0.1) is 5.10 Å². The number of halogens is 1. The number of hydrogen-bond donors (Lipinski definition) is 2. The number of benzene rings is 3. The van der Waals surface area contributed by atoms with E-state index in [2.05, 4.69) is 26.2 Å². The van der Waals surface area contributed by atoms with E-state index < -0.39 is 21.9 Å². The van der Waals surface area contributed by atoms with E-state index >= 15 is 0 Å². The fourth-order valence-electron chi connectivity index (χ4n) is 4.82. The number of rotatable bonds is 11. The summed E-state index contributed by atoms with van der Waals surface area (Å²) in [6.45, 7) is 5.89. The van der Waals surface area contributed by atoms with Crippen molar-refractivity contribution >= 4 is 43.0 Å². The maximum atomic E-state index is 13.7. The standard InChI is InChI=1S/C29H33BrN4O6S/c1-5-40-28(37)15-23(21-13-24-29(26(36)14-21)33(4)32-31-24)20-11-10-18(2)22(12-20)17-34(16-19(3)30)41(38,39)27-9-7-6-8-25(27)35/h6-14,19,23,35-36H,5,15-17H2,1-4H3. The van der Waals surface area contributed by atoms with Crippen molar-refractivity contribution in [2.75, 3.05) is 13.2 Å². The van der Waals surface area contributed by atoms with Crippen LogP contribution in [0.2, 0.25) is 0 Å².